The van der Waals surface area contributed by atoms with Crippen molar-refractivity contribution in [1.82, 2.24) is 5.32 Å². The molecule has 0 saturated carbocycles. The highest BCUT2D eigenvalue weighted by atomic mass is 32.2. The highest BCUT2D eigenvalue weighted by molar-refractivity contribution is 7.92. The SMILES string of the molecule is CCCCNC(=O)c1ccc(C)c(N(C)S(=O)(=O)c2ccccc2)c1. The van der Waals surface area contributed by atoms with Crippen molar-refractivity contribution >= 4 is 21.6 Å². The quantitative estimate of drug-likeness (QED) is 0.770. The summed E-state index contributed by atoms with van der Waals surface area (Å²) >= 11 is 0. The Morgan fingerprint density at radius 1 is 1.12 bits per heavy atom. The van der Waals surface area contributed by atoms with Crippen LogP contribution in [0.15, 0.2) is 53.4 Å². The second kappa shape index (κ2) is 8.16. The molecule has 0 saturated heterocycles. The summed E-state index contributed by atoms with van der Waals surface area (Å²) < 4.78 is 26.8. The van der Waals surface area contributed by atoms with Crippen LogP contribution >= 0.6 is 0 Å². The van der Waals surface area contributed by atoms with E-state index >= 15 is 0 Å². The molecule has 0 heterocycles. The van der Waals surface area contributed by atoms with Crippen LogP contribution in [0, 0.1) is 6.92 Å². The number of sulfonamides is 1. The van der Waals surface area contributed by atoms with Crippen molar-refractivity contribution in [3.63, 3.8) is 0 Å². The molecule has 0 fully saturated rings. The third-order valence-electron chi connectivity index (χ3n) is 4.03. The van der Waals surface area contributed by atoms with Crippen LogP contribution in [0.1, 0.15) is 35.7 Å². The first kappa shape index (κ1) is 19.0. The van der Waals surface area contributed by atoms with E-state index in [0.29, 0.717) is 17.8 Å². The molecule has 2 aromatic carbocycles. The number of benzene rings is 2. The lowest BCUT2D eigenvalue weighted by molar-refractivity contribution is 0.0953. The summed E-state index contributed by atoms with van der Waals surface area (Å²) in [6.07, 6.45) is 1.91. The fourth-order valence-electron chi connectivity index (χ4n) is 2.45. The number of anilines is 1. The number of aryl methyl sites for hydroxylation is 1. The molecule has 1 N–H and O–H groups in total. The maximum absolute atomic E-state index is 12.8. The number of rotatable bonds is 7. The van der Waals surface area contributed by atoms with Gasteiger partial charge < -0.3 is 5.32 Å². The zero-order valence-electron chi connectivity index (χ0n) is 14.8. The van der Waals surface area contributed by atoms with E-state index in [0.717, 1.165) is 18.4 Å². The third kappa shape index (κ3) is 4.39. The van der Waals surface area contributed by atoms with Gasteiger partial charge in [0.2, 0.25) is 0 Å². The fraction of sp³-hybridized carbons (Fsp3) is 0.316. The summed E-state index contributed by atoms with van der Waals surface area (Å²) in [5.74, 6) is -0.194. The molecular formula is C19H24N2O3S. The molecule has 1 amide bonds. The molecule has 0 radical (unpaired) electrons. The molecular weight excluding hydrogens is 336 g/mol. The van der Waals surface area contributed by atoms with Gasteiger partial charge >= 0.3 is 0 Å². The Morgan fingerprint density at radius 2 is 1.80 bits per heavy atom. The van der Waals surface area contributed by atoms with Crippen molar-refractivity contribution in [2.24, 2.45) is 0 Å². The van der Waals surface area contributed by atoms with Crippen LogP contribution in [0.2, 0.25) is 0 Å². The molecule has 0 atom stereocenters. The first-order valence-corrected chi connectivity index (χ1v) is 9.74. The van der Waals surface area contributed by atoms with E-state index < -0.39 is 10.0 Å². The van der Waals surface area contributed by atoms with E-state index in [1.54, 1.807) is 48.5 Å². The van der Waals surface area contributed by atoms with Crippen molar-refractivity contribution < 1.29 is 13.2 Å². The second-order valence-electron chi connectivity index (χ2n) is 5.90. The first-order chi connectivity index (χ1) is 11.9. The van der Waals surface area contributed by atoms with Gasteiger partial charge in [-0.25, -0.2) is 8.42 Å². The molecule has 0 spiro atoms. The fourth-order valence-corrected chi connectivity index (χ4v) is 3.72. The van der Waals surface area contributed by atoms with Gasteiger partial charge in [-0.3, -0.25) is 9.10 Å². The maximum atomic E-state index is 12.8. The minimum absolute atomic E-state index is 0.194. The standard InChI is InChI=1S/C19H24N2O3S/c1-4-5-13-20-19(22)16-12-11-15(2)18(14-16)21(3)25(23,24)17-9-7-6-8-10-17/h6-12,14H,4-5,13H2,1-3H3,(H,20,22). The Kier molecular flexibility index (Phi) is 6.20. The Hall–Kier alpha value is -2.34. The normalized spacial score (nSPS) is 11.2. The summed E-state index contributed by atoms with van der Waals surface area (Å²) in [4.78, 5) is 12.5. The molecule has 0 aliphatic rings. The summed E-state index contributed by atoms with van der Waals surface area (Å²) in [6, 6.07) is 13.4. The number of carbonyl (C=O) groups is 1. The van der Waals surface area contributed by atoms with E-state index in [1.807, 2.05) is 6.92 Å². The van der Waals surface area contributed by atoms with Gasteiger partial charge in [-0.05, 0) is 43.2 Å². The summed E-state index contributed by atoms with van der Waals surface area (Å²) in [5.41, 5.74) is 1.73. The lowest BCUT2D eigenvalue weighted by atomic mass is 10.1. The van der Waals surface area contributed by atoms with Gasteiger partial charge in [-0.1, -0.05) is 37.6 Å². The van der Waals surface area contributed by atoms with Crippen molar-refractivity contribution in [2.75, 3.05) is 17.9 Å². The van der Waals surface area contributed by atoms with Crippen molar-refractivity contribution in [3.05, 3.63) is 59.7 Å². The number of hydrogen-bond acceptors (Lipinski definition) is 3. The van der Waals surface area contributed by atoms with Crippen LogP contribution in [0.3, 0.4) is 0 Å². The number of hydrogen-bond donors (Lipinski definition) is 1. The molecule has 2 aromatic rings. The van der Waals surface area contributed by atoms with Gasteiger partial charge in [-0.15, -0.1) is 0 Å². The van der Waals surface area contributed by atoms with Gasteiger partial charge in [0.25, 0.3) is 15.9 Å². The zero-order chi connectivity index (χ0) is 18.4. The molecule has 0 aromatic heterocycles. The number of unbranched alkanes of at least 4 members (excludes halogenated alkanes) is 1. The minimum atomic E-state index is -3.68. The first-order valence-electron chi connectivity index (χ1n) is 8.30. The van der Waals surface area contributed by atoms with E-state index in [1.165, 1.54) is 11.4 Å². The van der Waals surface area contributed by atoms with Crippen LogP contribution in [0.25, 0.3) is 0 Å². The van der Waals surface area contributed by atoms with E-state index in [9.17, 15) is 13.2 Å². The molecule has 6 heteroatoms. The van der Waals surface area contributed by atoms with Crippen molar-refractivity contribution in [3.8, 4) is 0 Å². The summed E-state index contributed by atoms with van der Waals surface area (Å²) in [5, 5.41) is 2.85. The van der Waals surface area contributed by atoms with E-state index in [4.69, 9.17) is 0 Å². The minimum Gasteiger partial charge on any atom is -0.352 e. The average Bonchev–Trinajstić information content (AvgIpc) is 2.62. The molecule has 0 bridgehead atoms. The van der Waals surface area contributed by atoms with Crippen LogP contribution in [-0.4, -0.2) is 27.9 Å². The third-order valence-corrected chi connectivity index (χ3v) is 5.81. The van der Waals surface area contributed by atoms with E-state index in [2.05, 4.69) is 12.2 Å². The van der Waals surface area contributed by atoms with Gasteiger partial charge in [-0.2, -0.15) is 0 Å². The Balaban J connectivity index is 2.32. The topological polar surface area (TPSA) is 66.5 Å². The Morgan fingerprint density at radius 3 is 2.44 bits per heavy atom. The highest BCUT2D eigenvalue weighted by Gasteiger charge is 2.23. The number of nitrogens with one attached hydrogen (secondary N) is 1. The zero-order valence-corrected chi connectivity index (χ0v) is 15.6. The lowest BCUT2D eigenvalue weighted by Crippen LogP contribution is -2.28. The van der Waals surface area contributed by atoms with Gasteiger partial charge in [0.15, 0.2) is 0 Å². The van der Waals surface area contributed by atoms with Gasteiger partial charge in [0.1, 0.15) is 0 Å². The second-order valence-corrected chi connectivity index (χ2v) is 7.87. The number of amides is 1. The van der Waals surface area contributed by atoms with Gasteiger partial charge in [0, 0.05) is 19.2 Å². The Labute approximate surface area is 149 Å². The summed E-state index contributed by atoms with van der Waals surface area (Å²) in [7, 11) is -2.17. The number of nitrogens with zero attached hydrogens (tertiary/aromatic N) is 1. The van der Waals surface area contributed by atoms with Crippen LogP contribution in [0.4, 0.5) is 5.69 Å². The van der Waals surface area contributed by atoms with E-state index in [-0.39, 0.29) is 10.8 Å². The van der Waals surface area contributed by atoms with Crippen LogP contribution < -0.4 is 9.62 Å². The highest BCUT2D eigenvalue weighted by Crippen LogP contribution is 2.26. The predicted octanol–water partition coefficient (Wildman–Crippen LogP) is 3.35. The van der Waals surface area contributed by atoms with Gasteiger partial charge in [0.05, 0.1) is 10.6 Å². The lowest BCUT2D eigenvalue weighted by Gasteiger charge is -2.22. The molecule has 25 heavy (non-hydrogen) atoms. The largest absolute Gasteiger partial charge is 0.352 e. The average molecular weight is 360 g/mol. The predicted molar refractivity (Wildman–Crippen MR) is 100 cm³/mol. The van der Waals surface area contributed by atoms with Crippen molar-refractivity contribution in [2.45, 2.75) is 31.6 Å². The molecule has 0 unspecified atom stereocenters. The Bertz CT molecular complexity index is 833. The molecule has 134 valence electrons. The van der Waals surface area contributed by atoms with Crippen LogP contribution in [0.5, 0.6) is 0 Å². The van der Waals surface area contributed by atoms with Crippen LogP contribution in [-0.2, 0) is 10.0 Å². The smallest absolute Gasteiger partial charge is 0.264 e. The monoisotopic (exact) mass is 360 g/mol. The van der Waals surface area contributed by atoms with Crippen molar-refractivity contribution in [1.29, 1.82) is 0 Å². The maximum Gasteiger partial charge on any atom is 0.264 e. The molecule has 5 nitrogen and oxygen atoms in total. The molecule has 2 rings (SSSR count). The molecule has 0 aliphatic heterocycles. The number of carbonyl (C=O) groups excluding carboxylic acids is 1. The summed E-state index contributed by atoms with van der Waals surface area (Å²) in [6.45, 7) is 4.49. The molecule has 0 aliphatic carbocycles.